The molecule has 0 saturated carbocycles. The molecule has 0 bridgehead atoms. The fourth-order valence-electron chi connectivity index (χ4n) is 2.00. The standard InChI is InChI=1S/C18H14BrN3O3/c19-13-5-3-6-14(11-13)24-9-2-1-8-20-18(23)16-12-15(21-22-16)17-7-4-10-25-17/h3-7,10-12H,8-9H2,(H,20,23)(H,21,22). The van der Waals surface area contributed by atoms with Crippen molar-refractivity contribution in [2.75, 3.05) is 13.2 Å². The Morgan fingerprint density at radius 3 is 3.00 bits per heavy atom. The molecule has 0 radical (unpaired) electrons. The summed E-state index contributed by atoms with van der Waals surface area (Å²) in [5, 5.41) is 9.40. The van der Waals surface area contributed by atoms with E-state index in [1.54, 1.807) is 24.5 Å². The molecule has 2 aromatic heterocycles. The smallest absolute Gasteiger partial charge is 0.272 e. The maximum absolute atomic E-state index is 12.0. The van der Waals surface area contributed by atoms with Crippen molar-refractivity contribution in [3.63, 3.8) is 0 Å². The first-order chi connectivity index (χ1) is 12.2. The van der Waals surface area contributed by atoms with Gasteiger partial charge in [0.2, 0.25) is 0 Å². The van der Waals surface area contributed by atoms with Gasteiger partial charge in [-0.15, -0.1) is 0 Å². The summed E-state index contributed by atoms with van der Waals surface area (Å²) in [6.07, 6.45) is 1.56. The summed E-state index contributed by atoms with van der Waals surface area (Å²) < 4.78 is 11.7. The predicted molar refractivity (Wildman–Crippen MR) is 96.0 cm³/mol. The molecule has 0 saturated heterocycles. The second-order valence-corrected chi connectivity index (χ2v) is 5.84. The van der Waals surface area contributed by atoms with Crippen LogP contribution < -0.4 is 10.1 Å². The van der Waals surface area contributed by atoms with Crippen LogP contribution in [0.1, 0.15) is 10.5 Å². The summed E-state index contributed by atoms with van der Waals surface area (Å²) in [5.41, 5.74) is 0.919. The number of nitrogens with zero attached hydrogens (tertiary/aromatic N) is 1. The highest BCUT2D eigenvalue weighted by Crippen LogP contribution is 2.18. The van der Waals surface area contributed by atoms with Crippen LogP contribution in [0, 0.1) is 11.8 Å². The lowest BCUT2D eigenvalue weighted by atomic mass is 10.3. The molecule has 7 heteroatoms. The number of halogens is 1. The van der Waals surface area contributed by atoms with Crippen LogP contribution in [0.2, 0.25) is 0 Å². The van der Waals surface area contributed by atoms with Crippen LogP contribution in [0.3, 0.4) is 0 Å². The third kappa shape index (κ3) is 4.75. The summed E-state index contributed by atoms with van der Waals surface area (Å²) in [4.78, 5) is 12.0. The van der Waals surface area contributed by atoms with Gasteiger partial charge in [0.25, 0.3) is 5.91 Å². The van der Waals surface area contributed by atoms with Gasteiger partial charge in [-0.05, 0) is 30.3 Å². The Balaban J connectivity index is 1.44. The van der Waals surface area contributed by atoms with E-state index < -0.39 is 0 Å². The zero-order valence-corrected chi connectivity index (χ0v) is 14.7. The van der Waals surface area contributed by atoms with Gasteiger partial charge in [-0.3, -0.25) is 9.89 Å². The van der Waals surface area contributed by atoms with Crippen molar-refractivity contribution in [1.82, 2.24) is 15.5 Å². The first kappa shape index (κ1) is 16.9. The first-order valence-corrected chi connectivity index (χ1v) is 8.23. The highest BCUT2D eigenvalue weighted by atomic mass is 79.9. The number of hydrogen-bond donors (Lipinski definition) is 2. The Kier molecular flexibility index (Phi) is 5.54. The van der Waals surface area contributed by atoms with Gasteiger partial charge in [0.15, 0.2) is 11.5 Å². The van der Waals surface area contributed by atoms with Gasteiger partial charge in [-0.25, -0.2) is 0 Å². The van der Waals surface area contributed by atoms with Gasteiger partial charge >= 0.3 is 0 Å². The maximum atomic E-state index is 12.0. The molecular formula is C18H14BrN3O3. The maximum Gasteiger partial charge on any atom is 0.272 e. The van der Waals surface area contributed by atoms with Crippen molar-refractivity contribution < 1.29 is 13.9 Å². The predicted octanol–water partition coefficient (Wildman–Crippen LogP) is 3.24. The number of furan rings is 1. The fraction of sp³-hybridized carbons (Fsp3) is 0.111. The Labute approximate surface area is 152 Å². The molecule has 0 aliphatic heterocycles. The van der Waals surface area contributed by atoms with E-state index in [4.69, 9.17) is 9.15 Å². The number of amides is 1. The second kappa shape index (κ2) is 8.22. The van der Waals surface area contributed by atoms with E-state index in [0.29, 0.717) is 11.5 Å². The summed E-state index contributed by atoms with van der Waals surface area (Å²) in [6.45, 7) is 0.459. The van der Waals surface area contributed by atoms with E-state index in [-0.39, 0.29) is 24.8 Å². The van der Waals surface area contributed by atoms with Crippen molar-refractivity contribution in [1.29, 1.82) is 0 Å². The van der Waals surface area contributed by atoms with Gasteiger partial charge in [0.05, 0.1) is 12.8 Å². The molecule has 0 spiro atoms. The Morgan fingerprint density at radius 1 is 1.28 bits per heavy atom. The Hall–Kier alpha value is -2.98. The number of rotatable bonds is 5. The molecule has 3 rings (SSSR count). The summed E-state index contributed by atoms with van der Waals surface area (Å²) >= 11 is 3.37. The van der Waals surface area contributed by atoms with Crippen molar-refractivity contribution in [3.8, 4) is 29.0 Å². The quantitative estimate of drug-likeness (QED) is 0.645. The fourth-order valence-corrected chi connectivity index (χ4v) is 2.38. The van der Waals surface area contributed by atoms with Crippen molar-refractivity contribution >= 4 is 21.8 Å². The third-order valence-electron chi connectivity index (χ3n) is 3.17. The molecule has 6 nitrogen and oxygen atoms in total. The number of aromatic amines is 1. The minimum atomic E-state index is -0.309. The molecule has 126 valence electrons. The van der Waals surface area contributed by atoms with Crippen LogP contribution >= 0.6 is 15.9 Å². The summed E-state index contributed by atoms with van der Waals surface area (Å²) in [6, 6.07) is 12.7. The van der Waals surface area contributed by atoms with Crippen LogP contribution in [0.4, 0.5) is 0 Å². The van der Waals surface area contributed by atoms with Crippen LogP contribution in [0.5, 0.6) is 5.75 Å². The van der Waals surface area contributed by atoms with E-state index in [9.17, 15) is 4.79 Å². The molecule has 2 heterocycles. The molecule has 0 aliphatic rings. The number of hydrogen-bond acceptors (Lipinski definition) is 4. The number of carbonyl (C=O) groups is 1. The zero-order chi connectivity index (χ0) is 17.5. The van der Waals surface area contributed by atoms with Crippen LogP contribution in [0.15, 0.2) is 57.6 Å². The van der Waals surface area contributed by atoms with E-state index in [2.05, 4.69) is 43.3 Å². The minimum Gasteiger partial charge on any atom is -0.481 e. The molecule has 0 unspecified atom stereocenters. The number of benzene rings is 1. The molecule has 2 N–H and O–H groups in total. The zero-order valence-electron chi connectivity index (χ0n) is 13.1. The second-order valence-electron chi connectivity index (χ2n) is 4.93. The Bertz CT molecular complexity index is 907. The largest absolute Gasteiger partial charge is 0.481 e. The van der Waals surface area contributed by atoms with Gasteiger partial charge < -0.3 is 14.5 Å². The van der Waals surface area contributed by atoms with Crippen molar-refractivity contribution in [2.24, 2.45) is 0 Å². The number of H-pyrrole nitrogens is 1. The summed E-state index contributed by atoms with van der Waals surface area (Å²) in [7, 11) is 0. The van der Waals surface area contributed by atoms with Crippen molar-refractivity contribution in [3.05, 3.63) is 58.9 Å². The lowest BCUT2D eigenvalue weighted by Crippen LogP contribution is -2.24. The van der Waals surface area contributed by atoms with E-state index in [1.165, 1.54) is 0 Å². The minimum absolute atomic E-state index is 0.212. The molecule has 1 aromatic carbocycles. The molecular weight excluding hydrogens is 386 g/mol. The average Bonchev–Trinajstić information content (AvgIpc) is 3.28. The monoisotopic (exact) mass is 399 g/mol. The topological polar surface area (TPSA) is 80.1 Å². The highest BCUT2D eigenvalue weighted by Gasteiger charge is 2.11. The van der Waals surface area contributed by atoms with Gasteiger partial charge in [-0.2, -0.15) is 5.10 Å². The van der Waals surface area contributed by atoms with E-state index in [0.717, 1.165) is 10.2 Å². The molecule has 0 aliphatic carbocycles. The van der Waals surface area contributed by atoms with E-state index in [1.807, 2.05) is 24.3 Å². The summed E-state index contributed by atoms with van der Waals surface area (Å²) in [5.74, 6) is 6.72. The SMILES string of the molecule is O=C(NCC#CCOc1cccc(Br)c1)c1cc(-c2ccco2)[nH]n1. The number of carbonyl (C=O) groups excluding carboxylic acids is 1. The molecule has 1 amide bonds. The van der Waals surface area contributed by atoms with Crippen LogP contribution in [-0.2, 0) is 0 Å². The number of ether oxygens (including phenoxy) is 1. The Morgan fingerprint density at radius 2 is 2.20 bits per heavy atom. The molecule has 0 atom stereocenters. The van der Waals surface area contributed by atoms with Crippen LogP contribution in [-0.4, -0.2) is 29.3 Å². The molecule has 0 fully saturated rings. The molecule has 25 heavy (non-hydrogen) atoms. The van der Waals surface area contributed by atoms with Crippen LogP contribution in [0.25, 0.3) is 11.5 Å². The van der Waals surface area contributed by atoms with Gasteiger partial charge in [0, 0.05) is 10.5 Å². The normalized spacial score (nSPS) is 9.96. The molecule has 3 aromatic rings. The number of nitrogens with one attached hydrogen (secondary N) is 2. The lowest BCUT2D eigenvalue weighted by Gasteiger charge is -2.01. The van der Waals surface area contributed by atoms with E-state index >= 15 is 0 Å². The van der Waals surface area contributed by atoms with Gasteiger partial charge in [0.1, 0.15) is 18.1 Å². The average molecular weight is 400 g/mol. The van der Waals surface area contributed by atoms with Crippen molar-refractivity contribution in [2.45, 2.75) is 0 Å². The first-order valence-electron chi connectivity index (χ1n) is 7.44. The highest BCUT2D eigenvalue weighted by molar-refractivity contribution is 9.10. The van der Waals surface area contributed by atoms with Gasteiger partial charge in [-0.1, -0.05) is 33.8 Å². The third-order valence-corrected chi connectivity index (χ3v) is 3.66. The number of aromatic nitrogens is 2. The lowest BCUT2D eigenvalue weighted by molar-refractivity contribution is 0.0953.